The number of carbonyl (C=O) groups is 1. The Morgan fingerprint density at radius 3 is 2.14 bits per heavy atom. The van der Waals surface area contributed by atoms with E-state index >= 15 is 0 Å². The highest BCUT2D eigenvalue weighted by molar-refractivity contribution is 7.87. The number of rotatable bonds is 11. The number of hydrogen-bond donors (Lipinski definition) is 3. The van der Waals surface area contributed by atoms with Crippen molar-refractivity contribution < 1.29 is 9.53 Å². The number of aryl methyl sites for hydroxylation is 1. The van der Waals surface area contributed by atoms with Crippen molar-refractivity contribution in [2.24, 2.45) is 4.74 Å². The second kappa shape index (κ2) is 15.9. The summed E-state index contributed by atoms with van der Waals surface area (Å²) in [7, 11) is -2.53. The van der Waals surface area contributed by atoms with E-state index in [0.29, 0.717) is 10.8 Å². The van der Waals surface area contributed by atoms with E-state index in [-0.39, 0.29) is 18.4 Å². The molecular weight excluding hydrogens is 677 g/mol. The van der Waals surface area contributed by atoms with Crippen LogP contribution >= 0.6 is 18.7 Å². The maximum absolute atomic E-state index is 14.0. The van der Waals surface area contributed by atoms with E-state index in [4.69, 9.17) is 21.1 Å². The molecule has 1 aliphatic rings. The van der Waals surface area contributed by atoms with Crippen LogP contribution in [0.25, 0.3) is 11.4 Å². The Hall–Kier alpha value is -5.08. The van der Waals surface area contributed by atoms with Gasteiger partial charge in [-0.15, -0.1) is 0 Å². The minimum Gasteiger partial charge on any atom is -0.381 e. The Kier molecular flexibility index (Phi) is 10.7. The van der Waals surface area contributed by atoms with E-state index in [1.165, 1.54) is 0 Å². The maximum atomic E-state index is 14.0. The molecule has 7 rings (SSSR count). The summed E-state index contributed by atoms with van der Waals surface area (Å²) in [6.45, 7) is 3.69. The second-order valence-electron chi connectivity index (χ2n) is 12.5. The molecule has 0 bridgehead atoms. The average molecular weight is 716 g/mol. The van der Waals surface area contributed by atoms with Crippen LogP contribution in [0.4, 0.5) is 5.82 Å². The Morgan fingerprint density at radius 2 is 1.53 bits per heavy atom. The highest BCUT2D eigenvalue weighted by Gasteiger charge is 2.28. The number of nitrogens with one attached hydrogen (secondary N) is 3. The number of aromatic amines is 1. The highest BCUT2D eigenvalue weighted by atomic mass is 35.5. The first-order valence-corrected chi connectivity index (χ1v) is 19.2. The molecule has 0 spiro atoms. The fraction of sp³-hybridized carbons (Fsp3) is 0.200. The molecule has 0 saturated carbocycles. The summed E-state index contributed by atoms with van der Waals surface area (Å²) in [6, 6.07) is 40.5. The van der Waals surface area contributed by atoms with Crippen LogP contribution < -0.4 is 26.5 Å². The minimum absolute atomic E-state index is 0.0995. The molecule has 3 heterocycles. The summed E-state index contributed by atoms with van der Waals surface area (Å²) in [4.78, 5) is 23.2. The van der Waals surface area contributed by atoms with Crippen LogP contribution in [0, 0.1) is 6.92 Å². The van der Waals surface area contributed by atoms with Gasteiger partial charge in [-0.25, -0.2) is 9.97 Å². The third kappa shape index (κ3) is 7.81. The molecule has 1 amide bonds. The number of aromatic nitrogens is 4. The lowest BCUT2D eigenvalue weighted by atomic mass is 10.1. The summed E-state index contributed by atoms with van der Waals surface area (Å²) < 4.78 is 11.1. The number of amides is 1. The molecular formula is C40H39ClN7O2P. The number of hydrogen-bond acceptors (Lipinski definition) is 7. The number of ether oxygens (including phenoxy) is 1. The van der Waals surface area contributed by atoms with E-state index in [1.807, 2.05) is 55.5 Å². The molecule has 1 saturated heterocycles. The van der Waals surface area contributed by atoms with E-state index in [9.17, 15) is 4.79 Å². The molecule has 51 heavy (non-hydrogen) atoms. The number of benzene rings is 4. The van der Waals surface area contributed by atoms with Gasteiger partial charge < -0.3 is 15.4 Å². The fourth-order valence-electron chi connectivity index (χ4n) is 6.39. The van der Waals surface area contributed by atoms with Gasteiger partial charge >= 0.3 is 0 Å². The van der Waals surface area contributed by atoms with Crippen LogP contribution in [0.5, 0.6) is 0 Å². The first-order chi connectivity index (χ1) is 25.0. The van der Waals surface area contributed by atoms with Crippen LogP contribution in [-0.2, 0) is 4.74 Å². The minimum atomic E-state index is -2.53. The SMILES string of the molecule is Cc1cnc(NC2CCOCC2)cc1-c1n[nH]c(C(=O)N[C@H](CN=P(c2ccccc2)(c2ccccc2)c2ccccc2)c2cccc(Cl)c2)n1. The van der Waals surface area contributed by atoms with Crippen molar-refractivity contribution in [2.75, 3.05) is 25.1 Å². The van der Waals surface area contributed by atoms with Gasteiger partial charge in [0, 0.05) is 52.0 Å². The number of pyridine rings is 1. The zero-order chi connectivity index (χ0) is 35.0. The summed E-state index contributed by atoms with van der Waals surface area (Å²) in [5, 5.41) is 18.0. The molecule has 0 unspecified atom stereocenters. The Morgan fingerprint density at radius 1 is 0.902 bits per heavy atom. The Bertz CT molecular complexity index is 2040. The summed E-state index contributed by atoms with van der Waals surface area (Å²) in [5.41, 5.74) is 2.52. The number of anilines is 1. The standard InChI is InChI=1S/C40H39ClN7O2P/c1-28-26-42-37(44-31-20-22-50-23-21-31)25-35(28)38-46-39(48-47-38)40(49)45-36(29-12-11-13-30(41)24-29)27-43-51(32-14-5-2-6-15-32,33-16-7-3-8-17-33)34-18-9-4-10-19-34/h2-19,24-26,31,36H,20-23,27H2,1H3,(H,42,44)(H,45,49)(H,46,47,48)/t36-/m1/s1. The summed E-state index contributed by atoms with van der Waals surface area (Å²) in [5.74, 6) is 0.857. The average Bonchev–Trinajstić information content (AvgIpc) is 3.68. The van der Waals surface area contributed by atoms with E-state index < -0.39 is 19.0 Å². The highest BCUT2D eigenvalue weighted by Crippen LogP contribution is 2.47. The largest absolute Gasteiger partial charge is 0.381 e. The first kappa shape index (κ1) is 34.4. The van der Waals surface area contributed by atoms with Crippen LogP contribution in [0.3, 0.4) is 0 Å². The molecule has 3 N–H and O–H groups in total. The lowest BCUT2D eigenvalue weighted by Crippen LogP contribution is -2.32. The molecule has 11 heteroatoms. The number of halogens is 1. The van der Waals surface area contributed by atoms with Gasteiger partial charge in [0.1, 0.15) is 5.82 Å². The fourth-order valence-corrected chi connectivity index (χ4v) is 10.2. The molecule has 0 radical (unpaired) electrons. The molecule has 6 aromatic rings. The van der Waals surface area contributed by atoms with Gasteiger partial charge in [0.25, 0.3) is 5.91 Å². The van der Waals surface area contributed by atoms with Crippen molar-refractivity contribution in [1.82, 2.24) is 25.5 Å². The smallest absolute Gasteiger partial charge is 0.289 e. The summed E-state index contributed by atoms with van der Waals surface area (Å²) in [6.07, 6.45) is 3.63. The molecule has 0 aliphatic carbocycles. The summed E-state index contributed by atoms with van der Waals surface area (Å²) >= 11 is 6.50. The lowest BCUT2D eigenvalue weighted by molar-refractivity contribution is 0.0903. The molecule has 1 fully saturated rings. The first-order valence-electron chi connectivity index (χ1n) is 17.0. The molecule has 4 aromatic carbocycles. The quantitative estimate of drug-likeness (QED) is 0.124. The Balaban J connectivity index is 1.23. The number of H-pyrrole nitrogens is 1. The van der Waals surface area contributed by atoms with Crippen LogP contribution in [0.2, 0.25) is 5.02 Å². The third-order valence-corrected chi connectivity index (χ3v) is 13.0. The van der Waals surface area contributed by atoms with Gasteiger partial charge in [-0.05, 0) is 49.1 Å². The predicted molar refractivity (Wildman–Crippen MR) is 206 cm³/mol. The number of nitrogens with zero attached hydrogens (tertiary/aromatic N) is 4. The molecule has 2 aromatic heterocycles. The van der Waals surface area contributed by atoms with E-state index in [0.717, 1.165) is 64.5 Å². The lowest BCUT2D eigenvalue weighted by Gasteiger charge is -2.28. The van der Waals surface area contributed by atoms with Crippen LogP contribution in [0.15, 0.2) is 132 Å². The van der Waals surface area contributed by atoms with Crippen LogP contribution in [0.1, 0.15) is 40.6 Å². The van der Waals surface area contributed by atoms with Crippen LogP contribution in [-0.4, -0.2) is 51.9 Å². The van der Waals surface area contributed by atoms with Crippen molar-refractivity contribution in [3.63, 3.8) is 0 Å². The normalized spacial score (nSPS) is 14.1. The zero-order valence-corrected chi connectivity index (χ0v) is 29.9. The third-order valence-electron chi connectivity index (χ3n) is 9.04. The predicted octanol–water partition coefficient (Wildman–Crippen LogP) is 7.07. The molecule has 9 nitrogen and oxygen atoms in total. The van der Waals surface area contributed by atoms with Crippen molar-refractivity contribution >= 4 is 46.3 Å². The maximum Gasteiger partial charge on any atom is 0.289 e. The monoisotopic (exact) mass is 715 g/mol. The van der Waals surface area contributed by atoms with Gasteiger partial charge in [0.15, 0.2) is 5.82 Å². The van der Waals surface area contributed by atoms with Crippen molar-refractivity contribution in [1.29, 1.82) is 0 Å². The molecule has 1 atom stereocenters. The van der Waals surface area contributed by atoms with Gasteiger partial charge in [-0.1, -0.05) is 115 Å². The number of carbonyl (C=O) groups excluding carboxylic acids is 1. The van der Waals surface area contributed by atoms with Gasteiger partial charge in [0.2, 0.25) is 5.82 Å². The molecule has 258 valence electrons. The van der Waals surface area contributed by atoms with E-state index in [2.05, 4.69) is 104 Å². The van der Waals surface area contributed by atoms with Gasteiger partial charge in [-0.2, -0.15) is 5.10 Å². The second-order valence-corrected chi connectivity index (χ2v) is 16.0. The van der Waals surface area contributed by atoms with E-state index in [1.54, 1.807) is 6.20 Å². The van der Waals surface area contributed by atoms with Gasteiger partial charge in [-0.3, -0.25) is 14.6 Å². The van der Waals surface area contributed by atoms with Gasteiger partial charge in [0.05, 0.1) is 19.6 Å². The topological polar surface area (TPSA) is 117 Å². The molecule has 1 aliphatic heterocycles. The van der Waals surface area contributed by atoms with Crippen molar-refractivity contribution in [3.05, 3.63) is 149 Å². The Labute approximate surface area is 302 Å². The van der Waals surface area contributed by atoms with Crippen molar-refractivity contribution in [3.8, 4) is 11.4 Å². The van der Waals surface area contributed by atoms with Crippen molar-refractivity contribution in [2.45, 2.75) is 31.8 Å². The zero-order valence-electron chi connectivity index (χ0n) is 28.2.